The summed E-state index contributed by atoms with van der Waals surface area (Å²) in [6.45, 7) is 5.94. The molecular weight excluding hydrogens is 910 g/mol. The fourth-order valence-corrected chi connectivity index (χ4v) is 9.44. The van der Waals surface area contributed by atoms with E-state index < -0.39 is 17.3 Å². The van der Waals surface area contributed by atoms with Gasteiger partial charge in [0, 0.05) is 42.6 Å². The molecule has 70 heavy (non-hydrogen) atoms. The van der Waals surface area contributed by atoms with Gasteiger partial charge in [0.15, 0.2) is 11.6 Å². The third-order valence-electron chi connectivity index (χ3n) is 14.0. The van der Waals surface area contributed by atoms with E-state index in [1.807, 2.05) is 32.0 Å². The van der Waals surface area contributed by atoms with E-state index >= 15 is 4.39 Å². The van der Waals surface area contributed by atoms with Crippen LogP contribution in [0.15, 0.2) is 85.5 Å². The highest BCUT2D eigenvalue weighted by Gasteiger charge is 2.38. The predicted octanol–water partition coefficient (Wildman–Crippen LogP) is 11.6. The molecule has 0 spiro atoms. The minimum Gasteiger partial charge on any atom is -0.478 e. The number of alkyl halides is 2. The van der Waals surface area contributed by atoms with Gasteiger partial charge in [0.2, 0.25) is 0 Å². The first-order chi connectivity index (χ1) is 32.4. The molecule has 4 heterocycles. The van der Waals surface area contributed by atoms with Crippen molar-refractivity contribution in [1.82, 2.24) is 40.6 Å². The molecule has 4 fully saturated rings. The minimum absolute atomic E-state index is 0. The maximum atomic E-state index is 15.7. The Bertz CT molecular complexity index is 2770. The SMILES string of the molecule is C.C.Cc1cc(C2CCC2)c(-c2ncn[nH]2)cc1C(=O)N1CCC(F)(c2ccc(C#N)cc2)CC1.Cc1cc(C2CCC2)c(-c2ncn[nH]2)cc1C(=O)O.Cl.N#Cc1ccc(C2(F)CCNCC2)cc1. The summed E-state index contributed by atoms with van der Waals surface area (Å²) >= 11 is 0. The molecular formula is C54H63ClF2N10O3. The number of halogens is 3. The Hall–Kier alpha value is -6.81. The van der Waals surface area contributed by atoms with E-state index in [0.717, 1.165) is 61.0 Å². The van der Waals surface area contributed by atoms with Crippen LogP contribution in [0.4, 0.5) is 8.78 Å². The lowest BCUT2D eigenvalue weighted by Gasteiger charge is -2.37. The Morgan fingerprint density at radius 2 is 1.09 bits per heavy atom. The van der Waals surface area contributed by atoms with Gasteiger partial charge in [-0.3, -0.25) is 15.0 Å². The standard InChI is InChI=1S/C26H26FN5O.C14H15N3O2.C12H13FN2.2CH4.ClH/c1-17-13-22(19-3-2-4-19)23(24-29-16-30-31-24)14-21(17)25(33)32-11-9-26(27,10-12-32)20-7-5-18(15-28)6-8-20;1-8-5-11(9-3-2-4-9)12(6-10(8)14(18)19)13-15-7-16-17-13;13-12(5-7-15-8-6-12)11-3-1-10(9-14)2-4-11;;;/h5-8,13-14,16,19H,2-4,9-12H2,1H3,(H,29,30,31);5-7,9H,2-4H2,1H3,(H,18,19)(H,15,16,17);1-4,15H,5-8H2;2*1H4;1H. The molecule has 2 aliphatic carbocycles. The first-order valence-electron chi connectivity index (χ1n) is 23.0. The summed E-state index contributed by atoms with van der Waals surface area (Å²) in [6.07, 6.45) is 11.5. The molecule has 2 saturated carbocycles. The Balaban J connectivity index is 0.000000210. The van der Waals surface area contributed by atoms with Crippen molar-refractivity contribution in [2.24, 2.45) is 0 Å². The largest absolute Gasteiger partial charge is 0.478 e. The molecule has 2 aliphatic heterocycles. The van der Waals surface area contributed by atoms with Crippen LogP contribution in [0.25, 0.3) is 22.8 Å². The summed E-state index contributed by atoms with van der Waals surface area (Å²) in [5, 5.41) is 43.6. The summed E-state index contributed by atoms with van der Waals surface area (Å²) in [4.78, 5) is 35.0. The summed E-state index contributed by atoms with van der Waals surface area (Å²) in [5.41, 5.74) is 6.57. The van der Waals surface area contributed by atoms with Crippen molar-refractivity contribution in [3.05, 3.63) is 141 Å². The predicted molar refractivity (Wildman–Crippen MR) is 269 cm³/mol. The number of nitrogens with zero attached hydrogens (tertiary/aromatic N) is 7. The molecule has 2 aromatic heterocycles. The Morgan fingerprint density at radius 1 is 0.671 bits per heavy atom. The molecule has 0 bridgehead atoms. The molecule has 13 nitrogen and oxygen atoms in total. The lowest BCUT2D eigenvalue weighted by atomic mass is 9.77. The van der Waals surface area contributed by atoms with Crippen molar-refractivity contribution in [1.29, 1.82) is 10.5 Å². The zero-order valence-corrected chi connectivity index (χ0v) is 39.0. The molecule has 368 valence electrons. The maximum Gasteiger partial charge on any atom is 0.335 e. The van der Waals surface area contributed by atoms with Gasteiger partial charge in [0.05, 0.1) is 28.8 Å². The Morgan fingerprint density at radius 3 is 1.46 bits per heavy atom. The number of benzene rings is 4. The molecule has 6 aromatic rings. The number of aryl methyl sites for hydroxylation is 2. The number of aromatic nitrogens is 6. The summed E-state index contributed by atoms with van der Waals surface area (Å²) in [5.74, 6) is 1.34. The Kier molecular flexibility index (Phi) is 18.3. The van der Waals surface area contributed by atoms with Gasteiger partial charge in [-0.15, -0.1) is 12.4 Å². The number of likely N-dealkylation sites (tertiary alicyclic amines) is 1. The third kappa shape index (κ3) is 11.8. The van der Waals surface area contributed by atoms with Crippen molar-refractivity contribution in [2.45, 2.75) is 116 Å². The average Bonchev–Trinajstić information content (AvgIpc) is 4.05. The molecule has 4 aromatic carbocycles. The van der Waals surface area contributed by atoms with Crippen LogP contribution in [-0.4, -0.2) is 78.4 Å². The molecule has 1 amide bonds. The van der Waals surface area contributed by atoms with Crippen LogP contribution >= 0.6 is 12.4 Å². The van der Waals surface area contributed by atoms with Gasteiger partial charge in [-0.2, -0.15) is 20.7 Å². The summed E-state index contributed by atoms with van der Waals surface area (Å²) in [6, 6.07) is 25.3. The number of carboxylic acids is 1. The van der Waals surface area contributed by atoms with Crippen molar-refractivity contribution in [3.8, 4) is 34.9 Å². The van der Waals surface area contributed by atoms with Crippen LogP contribution in [0, 0.1) is 36.5 Å². The van der Waals surface area contributed by atoms with Crippen LogP contribution in [0.2, 0.25) is 0 Å². The van der Waals surface area contributed by atoms with Crippen LogP contribution in [0.1, 0.15) is 156 Å². The first kappa shape index (κ1) is 54.1. The van der Waals surface area contributed by atoms with Gasteiger partial charge in [-0.1, -0.05) is 64.1 Å². The topological polar surface area (TPSA) is 200 Å². The van der Waals surface area contributed by atoms with Crippen molar-refractivity contribution < 1.29 is 23.5 Å². The normalized spacial score (nSPS) is 16.7. The van der Waals surface area contributed by atoms with E-state index in [1.54, 1.807) is 59.5 Å². The summed E-state index contributed by atoms with van der Waals surface area (Å²) < 4.78 is 30.1. The molecule has 10 rings (SSSR count). The number of rotatable bonds is 8. The number of aromatic amines is 2. The van der Waals surface area contributed by atoms with Crippen LogP contribution < -0.4 is 5.32 Å². The highest BCUT2D eigenvalue weighted by molar-refractivity contribution is 5.97. The van der Waals surface area contributed by atoms with E-state index in [-0.39, 0.29) is 46.0 Å². The zero-order valence-electron chi connectivity index (χ0n) is 38.2. The van der Waals surface area contributed by atoms with E-state index in [4.69, 9.17) is 10.5 Å². The number of nitriles is 2. The second-order valence-corrected chi connectivity index (χ2v) is 18.1. The number of carbonyl (C=O) groups is 2. The minimum atomic E-state index is -1.49. The van der Waals surface area contributed by atoms with Crippen LogP contribution in [0.3, 0.4) is 0 Å². The third-order valence-corrected chi connectivity index (χ3v) is 14.0. The number of carboxylic acid groups (broad SMARTS) is 1. The fourth-order valence-electron chi connectivity index (χ4n) is 9.44. The molecule has 0 unspecified atom stereocenters. The highest BCUT2D eigenvalue weighted by Crippen LogP contribution is 2.44. The van der Waals surface area contributed by atoms with Gasteiger partial charge >= 0.3 is 5.97 Å². The molecule has 4 N–H and O–H groups in total. The highest BCUT2D eigenvalue weighted by atomic mass is 35.5. The van der Waals surface area contributed by atoms with E-state index in [9.17, 15) is 19.1 Å². The van der Waals surface area contributed by atoms with Gasteiger partial charge in [0.25, 0.3) is 5.91 Å². The second kappa shape index (κ2) is 23.7. The molecule has 16 heteroatoms. The zero-order chi connectivity index (χ0) is 47.1. The molecule has 0 radical (unpaired) electrons. The quantitative estimate of drug-likeness (QED) is 0.114. The van der Waals surface area contributed by atoms with E-state index in [2.05, 4.69) is 47.8 Å². The lowest BCUT2D eigenvalue weighted by molar-refractivity contribution is 0.0420. The van der Waals surface area contributed by atoms with Crippen LogP contribution in [-0.2, 0) is 11.3 Å². The number of aromatic carboxylic acids is 1. The average molecular weight is 974 g/mol. The van der Waals surface area contributed by atoms with Crippen LogP contribution in [0.5, 0.6) is 0 Å². The number of hydrogen-bond acceptors (Lipinski definition) is 9. The fraction of sp³-hybridized carbons (Fsp3) is 0.407. The smallest absolute Gasteiger partial charge is 0.335 e. The lowest BCUT2D eigenvalue weighted by Crippen LogP contribution is -2.43. The van der Waals surface area contributed by atoms with Crippen molar-refractivity contribution >= 4 is 24.3 Å². The molecule has 4 aliphatic rings. The van der Waals surface area contributed by atoms with Gasteiger partial charge < -0.3 is 15.3 Å². The Labute approximate surface area is 415 Å². The van der Waals surface area contributed by atoms with Gasteiger partial charge in [-0.05, 0) is 147 Å². The molecule has 2 saturated heterocycles. The number of H-pyrrole nitrogens is 2. The number of piperidine rings is 2. The number of hydrogen-bond donors (Lipinski definition) is 4. The van der Waals surface area contributed by atoms with Crippen molar-refractivity contribution in [3.63, 3.8) is 0 Å². The summed E-state index contributed by atoms with van der Waals surface area (Å²) in [7, 11) is 0. The number of amides is 1. The molecule has 0 atom stereocenters. The van der Waals surface area contributed by atoms with Gasteiger partial charge in [-0.25, -0.2) is 23.5 Å². The first-order valence-corrected chi connectivity index (χ1v) is 23.0. The maximum absolute atomic E-state index is 15.7. The monoisotopic (exact) mass is 972 g/mol. The van der Waals surface area contributed by atoms with Crippen molar-refractivity contribution in [2.75, 3.05) is 26.2 Å². The van der Waals surface area contributed by atoms with E-state index in [0.29, 0.717) is 82.8 Å². The van der Waals surface area contributed by atoms with Gasteiger partial charge in [0.1, 0.15) is 24.0 Å². The number of carbonyl (C=O) groups excluding carboxylic acids is 1. The second-order valence-electron chi connectivity index (χ2n) is 18.1. The van der Waals surface area contributed by atoms with E-state index in [1.165, 1.54) is 36.6 Å². The number of nitrogens with one attached hydrogen (secondary N) is 3.